The average Bonchev–Trinajstić information content (AvgIpc) is 2.83. The Morgan fingerprint density at radius 1 is 0.970 bits per heavy atom. The number of benzene rings is 4. The van der Waals surface area contributed by atoms with Crippen LogP contribution in [0.5, 0.6) is 11.5 Å². The molecule has 4 aromatic carbocycles. The van der Waals surface area contributed by atoms with Crippen LogP contribution in [0, 0.1) is 0 Å². The van der Waals surface area contributed by atoms with E-state index in [1.165, 1.54) is 13.3 Å². The zero-order valence-electron chi connectivity index (χ0n) is 17.7. The number of hydrogen-bond acceptors (Lipinski definition) is 4. The lowest BCUT2D eigenvalue weighted by Crippen LogP contribution is -2.17. The molecule has 1 N–H and O–H groups in total. The standard InChI is InChI=1S/C26H20Cl2N2O3/c1-32-24-14-17(13-23(28)25(24)33-16-19-8-3-5-12-22(19)27)15-29-30-26(31)21-11-6-9-18-7-2-4-10-20(18)21/h2-15H,16H2,1H3,(H,30,31)/b29-15-. The van der Waals surface area contributed by atoms with Gasteiger partial charge < -0.3 is 9.47 Å². The zero-order valence-corrected chi connectivity index (χ0v) is 19.2. The predicted molar refractivity (Wildman–Crippen MR) is 133 cm³/mol. The SMILES string of the molecule is COc1cc(/C=N\NC(=O)c2cccc3ccccc23)cc(Cl)c1OCc1ccccc1Cl. The highest BCUT2D eigenvalue weighted by molar-refractivity contribution is 6.32. The highest BCUT2D eigenvalue weighted by Gasteiger charge is 2.13. The summed E-state index contributed by atoms with van der Waals surface area (Å²) < 4.78 is 11.3. The Bertz CT molecular complexity index is 1330. The molecule has 0 saturated heterocycles. The second-order valence-corrected chi connectivity index (χ2v) is 7.95. The minimum atomic E-state index is -0.305. The van der Waals surface area contributed by atoms with E-state index < -0.39 is 0 Å². The Balaban J connectivity index is 1.48. The summed E-state index contributed by atoms with van der Waals surface area (Å²) in [5.74, 6) is 0.535. The number of carbonyl (C=O) groups is 1. The van der Waals surface area contributed by atoms with Crippen LogP contribution >= 0.6 is 23.2 Å². The van der Waals surface area contributed by atoms with Crippen LogP contribution in [0.1, 0.15) is 21.5 Å². The number of carbonyl (C=O) groups excluding carboxylic acids is 1. The van der Waals surface area contributed by atoms with Crippen LogP contribution in [0.2, 0.25) is 10.0 Å². The molecule has 0 bridgehead atoms. The van der Waals surface area contributed by atoms with Gasteiger partial charge in [-0.15, -0.1) is 0 Å². The second-order valence-electron chi connectivity index (χ2n) is 7.14. The Hall–Kier alpha value is -3.54. The van der Waals surface area contributed by atoms with Crippen LogP contribution in [-0.4, -0.2) is 19.2 Å². The van der Waals surface area contributed by atoms with Crippen LogP contribution in [0.15, 0.2) is 84.0 Å². The first kappa shape index (κ1) is 22.6. The molecule has 5 nitrogen and oxygen atoms in total. The topological polar surface area (TPSA) is 59.9 Å². The summed E-state index contributed by atoms with van der Waals surface area (Å²) in [5.41, 5.74) is 4.58. The van der Waals surface area contributed by atoms with Gasteiger partial charge in [0.25, 0.3) is 5.91 Å². The number of ether oxygens (including phenoxy) is 2. The highest BCUT2D eigenvalue weighted by Crippen LogP contribution is 2.37. The van der Waals surface area contributed by atoms with Crippen molar-refractivity contribution < 1.29 is 14.3 Å². The molecule has 0 fully saturated rings. The predicted octanol–water partition coefficient (Wildman–Crippen LogP) is 6.50. The molecule has 0 aliphatic carbocycles. The number of rotatable bonds is 7. The van der Waals surface area contributed by atoms with Gasteiger partial charge >= 0.3 is 0 Å². The van der Waals surface area contributed by atoms with Crippen LogP contribution in [0.3, 0.4) is 0 Å². The van der Waals surface area contributed by atoms with Crippen molar-refractivity contribution in [2.45, 2.75) is 6.61 Å². The first-order valence-corrected chi connectivity index (χ1v) is 10.9. The van der Waals surface area contributed by atoms with E-state index in [-0.39, 0.29) is 12.5 Å². The third kappa shape index (κ3) is 5.28. The summed E-state index contributed by atoms with van der Waals surface area (Å²) in [7, 11) is 1.53. The van der Waals surface area contributed by atoms with E-state index in [9.17, 15) is 4.79 Å². The lowest BCUT2D eigenvalue weighted by molar-refractivity contribution is 0.0957. The molecule has 4 aromatic rings. The number of hydrogen-bond donors (Lipinski definition) is 1. The summed E-state index contributed by atoms with van der Waals surface area (Å²) in [6, 6.07) is 24.1. The molecule has 0 atom stereocenters. The molecule has 0 saturated carbocycles. The van der Waals surface area contributed by atoms with Crippen LogP contribution in [0.4, 0.5) is 0 Å². The lowest BCUT2D eigenvalue weighted by atomic mass is 10.0. The van der Waals surface area contributed by atoms with E-state index >= 15 is 0 Å². The molecular weight excluding hydrogens is 459 g/mol. The van der Waals surface area contributed by atoms with Crippen molar-refractivity contribution in [2.75, 3.05) is 7.11 Å². The Labute approximate surface area is 201 Å². The molecule has 0 aliphatic heterocycles. The number of amides is 1. The first-order valence-electron chi connectivity index (χ1n) is 10.1. The molecule has 0 aromatic heterocycles. The molecule has 0 spiro atoms. The fourth-order valence-corrected chi connectivity index (χ4v) is 3.83. The van der Waals surface area contributed by atoms with Crippen LogP contribution < -0.4 is 14.9 Å². The fourth-order valence-electron chi connectivity index (χ4n) is 3.37. The van der Waals surface area contributed by atoms with E-state index in [1.807, 2.05) is 54.6 Å². The van der Waals surface area contributed by atoms with E-state index in [1.54, 1.807) is 24.3 Å². The van der Waals surface area contributed by atoms with Crippen molar-refractivity contribution in [3.63, 3.8) is 0 Å². The van der Waals surface area contributed by atoms with E-state index in [0.717, 1.165) is 16.3 Å². The van der Waals surface area contributed by atoms with Gasteiger partial charge in [0.2, 0.25) is 0 Å². The van der Waals surface area contributed by atoms with Gasteiger partial charge in [-0.25, -0.2) is 5.43 Å². The van der Waals surface area contributed by atoms with Crippen molar-refractivity contribution in [1.29, 1.82) is 0 Å². The Morgan fingerprint density at radius 3 is 2.55 bits per heavy atom. The van der Waals surface area contributed by atoms with Crippen molar-refractivity contribution in [2.24, 2.45) is 5.10 Å². The van der Waals surface area contributed by atoms with Gasteiger partial charge in [0.05, 0.1) is 18.3 Å². The van der Waals surface area contributed by atoms with Crippen LogP contribution in [-0.2, 0) is 6.61 Å². The monoisotopic (exact) mass is 478 g/mol. The summed E-state index contributed by atoms with van der Waals surface area (Å²) in [4.78, 5) is 12.6. The third-order valence-corrected chi connectivity index (χ3v) is 5.65. The maximum Gasteiger partial charge on any atom is 0.271 e. The van der Waals surface area contributed by atoms with Gasteiger partial charge in [0, 0.05) is 16.1 Å². The van der Waals surface area contributed by atoms with Crippen molar-refractivity contribution in [1.82, 2.24) is 5.43 Å². The number of nitrogens with one attached hydrogen (secondary N) is 1. The molecule has 4 rings (SSSR count). The highest BCUT2D eigenvalue weighted by atomic mass is 35.5. The largest absolute Gasteiger partial charge is 0.493 e. The van der Waals surface area contributed by atoms with Gasteiger partial charge in [-0.2, -0.15) is 5.10 Å². The van der Waals surface area contributed by atoms with Gasteiger partial charge in [-0.05, 0) is 40.6 Å². The normalized spacial score (nSPS) is 11.0. The molecule has 1 amide bonds. The number of nitrogens with zero attached hydrogens (tertiary/aromatic N) is 1. The molecular formula is C26H20Cl2N2O3. The summed E-state index contributed by atoms with van der Waals surface area (Å²) in [6.45, 7) is 0.240. The smallest absolute Gasteiger partial charge is 0.271 e. The number of methoxy groups -OCH3 is 1. The lowest BCUT2D eigenvalue weighted by Gasteiger charge is -2.14. The number of halogens is 2. The fraction of sp³-hybridized carbons (Fsp3) is 0.0769. The average molecular weight is 479 g/mol. The summed E-state index contributed by atoms with van der Waals surface area (Å²) in [5, 5.41) is 6.88. The summed E-state index contributed by atoms with van der Waals surface area (Å²) in [6.07, 6.45) is 1.50. The van der Waals surface area contributed by atoms with E-state index in [0.29, 0.717) is 32.7 Å². The zero-order chi connectivity index (χ0) is 23.2. The molecule has 0 aliphatic rings. The van der Waals surface area contributed by atoms with Gasteiger partial charge in [0.1, 0.15) is 6.61 Å². The molecule has 0 radical (unpaired) electrons. The molecule has 7 heteroatoms. The van der Waals surface area contributed by atoms with Crippen molar-refractivity contribution in [3.05, 3.63) is 106 Å². The van der Waals surface area contributed by atoms with Gasteiger partial charge in [0.15, 0.2) is 11.5 Å². The quantitative estimate of drug-likeness (QED) is 0.243. The molecule has 0 heterocycles. The van der Waals surface area contributed by atoms with E-state index in [4.69, 9.17) is 32.7 Å². The maximum atomic E-state index is 12.6. The number of fused-ring (bicyclic) bond motifs is 1. The Kier molecular flexibility index (Phi) is 7.13. The first-order chi connectivity index (χ1) is 16.1. The minimum Gasteiger partial charge on any atom is -0.493 e. The van der Waals surface area contributed by atoms with Gasteiger partial charge in [-0.1, -0.05) is 77.8 Å². The third-order valence-electron chi connectivity index (χ3n) is 5.00. The minimum absolute atomic E-state index is 0.240. The molecule has 33 heavy (non-hydrogen) atoms. The Morgan fingerprint density at radius 2 is 1.73 bits per heavy atom. The van der Waals surface area contributed by atoms with Crippen molar-refractivity contribution >= 4 is 46.1 Å². The molecule has 0 unspecified atom stereocenters. The van der Waals surface area contributed by atoms with Crippen LogP contribution in [0.25, 0.3) is 10.8 Å². The molecule has 166 valence electrons. The number of hydrazone groups is 1. The van der Waals surface area contributed by atoms with Crippen molar-refractivity contribution in [3.8, 4) is 11.5 Å². The van der Waals surface area contributed by atoms with E-state index in [2.05, 4.69) is 10.5 Å². The summed E-state index contributed by atoms with van der Waals surface area (Å²) >= 11 is 12.6. The maximum absolute atomic E-state index is 12.6. The second kappa shape index (κ2) is 10.4. The van der Waals surface area contributed by atoms with Gasteiger partial charge in [-0.3, -0.25) is 4.79 Å².